The molecule has 1 aromatic heterocycles. The quantitative estimate of drug-likeness (QED) is 0.846. The fraction of sp³-hybridized carbons (Fsp3) is 0.636. The van der Waals surface area contributed by atoms with Gasteiger partial charge in [0.15, 0.2) is 0 Å². The summed E-state index contributed by atoms with van der Waals surface area (Å²) in [5.41, 5.74) is 0. The van der Waals surface area contributed by atoms with E-state index in [1.165, 1.54) is 0 Å². The average molecular weight is 285 g/mol. The van der Waals surface area contributed by atoms with E-state index in [0.29, 0.717) is 38.0 Å². The Morgan fingerprint density at radius 3 is 3.00 bits per heavy atom. The summed E-state index contributed by atoms with van der Waals surface area (Å²) in [7, 11) is 0. The number of carbonyl (C=O) groups is 1. The molecule has 1 amide bonds. The van der Waals surface area contributed by atoms with Gasteiger partial charge in [0, 0.05) is 32.6 Å². The Morgan fingerprint density at radius 1 is 1.37 bits per heavy atom. The molecule has 0 atom stereocenters. The number of nitrogens with one attached hydrogen (secondary N) is 2. The van der Waals surface area contributed by atoms with Crippen LogP contribution in [0.4, 0.5) is 11.9 Å². The third-order valence-corrected chi connectivity index (χ3v) is 2.89. The zero-order valence-electron chi connectivity index (χ0n) is 10.8. The fourth-order valence-corrected chi connectivity index (χ4v) is 1.92. The molecule has 2 heterocycles. The van der Waals surface area contributed by atoms with Gasteiger partial charge < -0.3 is 15.5 Å². The summed E-state index contributed by atoms with van der Waals surface area (Å²) in [4.78, 5) is 25.7. The zero-order valence-corrected chi connectivity index (χ0v) is 11.6. The van der Waals surface area contributed by atoms with Gasteiger partial charge in [-0.25, -0.2) is 0 Å². The van der Waals surface area contributed by atoms with Crippen LogP contribution < -0.4 is 15.5 Å². The van der Waals surface area contributed by atoms with E-state index in [1.807, 2.05) is 4.90 Å². The van der Waals surface area contributed by atoms with Gasteiger partial charge in [-0.05, 0) is 18.0 Å². The Kier molecular flexibility index (Phi) is 4.73. The third kappa shape index (κ3) is 3.92. The van der Waals surface area contributed by atoms with Crippen LogP contribution in [0.15, 0.2) is 0 Å². The average Bonchev–Trinajstić information content (AvgIpc) is 2.60. The molecule has 7 nitrogen and oxygen atoms in total. The topological polar surface area (TPSA) is 83.0 Å². The number of anilines is 2. The first-order valence-corrected chi connectivity index (χ1v) is 6.74. The van der Waals surface area contributed by atoms with Gasteiger partial charge in [0.1, 0.15) is 0 Å². The zero-order chi connectivity index (χ0) is 13.7. The second kappa shape index (κ2) is 6.51. The van der Waals surface area contributed by atoms with Crippen LogP contribution in [0.3, 0.4) is 0 Å². The molecule has 19 heavy (non-hydrogen) atoms. The number of halogens is 1. The predicted molar refractivity (Wildman–Crippen MR) is 73.5 cm³/mol. The molecule has 104 valence electrons. The van der Waals surface area contributed by atoms with Crippen molar-refractivity contribution in [3.63, 3.8) is 0 Å². The normalized spacial score (nSPS) is 15.9. The maximum atomic E-state index is 11.3. The Labute approximate surface area is 116 Å². The van der Waals surface area contributed by atoms with Gasteiger partial charge in [-0.2, -0.15) is 15.0 Å². The SMILES string of the molecule is CCCNc1nc(Cl)nc(N2CCNC(=O)CC2)n1. The van der Waals surface area contributed by atoms with E-state index in [0.717, 1.165) is 13.0 Å². The van der Waals surface area contributed by atoms with Crippen LogP contribution in [0.1, 0.15) is 19.8 Å². The summed E-state index contributed by atoms with van der Waals surface area (Å²) in [6.45, 7) is 4.67. The number of rotatable bonds is 4. The maximum absolute atomic E-state index is 11.3. The lowest BCUT2D eigenvalue weighted by molar-refractivity contribution is -0.120. The van der Waals surface area contributed by atoms with Gasteiger partial charge in [-0.3, -0.25) is 4.79 Å². The lowest BCUT2D eigenvalue weighted by Crippen LogP contribution is -2.30. The minimum absolute atomic E-state index is 0.0481. The van der Waals surface area contributed by atoms with Gasteiger partial charge >= 0.3 is 0 Å². The van der Waals surface area contributed by atoms with Crippen molar-refractivity contribution < 1.29 is 4.79 Å². The van der Waals surface area contributed by atoms with E-state index >= 15 is 0 Å². The Balaban J connectivity index is 2.13. The fourth-order valence-electron chi connectivity index (χ4n) is 1.76. The molecule has 1 aliphatic heterocycles. The molecule has 0 bridgehead atoms. The molecule has 2 N–H and O–H groups in total. The van der Waals surface area contributed by atoms with Crippen molar-refractivity contribution in [2.24, 2.45) is 0 Å². The summed E-state index contributed by atoms with van der Waals surface area (Å²) >= 11 is 5.91. The summed E-state index contributed by atoms with van der Waals surface area (Å²) < 4.78 is 0. The van der Waals surface area contributed by atoms with Crippen LogP contribution in [0.2, 0.25) is 5.28 Å². The number of hydrogen-bond donors (Lipinski definition) is 2. The first-order chi connectivity index (χ1) is 9.19. The summed E-state index contributed by atoms with van der Waals surface area (Å²) in [5.74, 6) is 1.03. The molecule has 0 aliphatic carbocycles. The Hall–Kier alpha value is -1.63. The monoisotopic (exact) mass is 284 g/mol. The molecule has 2 rings (SSSR count). The number of amides is 1. The largest absolute Gasteiger partial charge is 0.354 e. The second-order valence-corrected chi connectivity index (χ2v) is 4.58. The van der Waals surface area contributed by atoms with Gasteiger partial charge in [0.25, 0.3) is 0 Å². The van der Waals surface area contributed by atoms with Crippen LogP contribution in [0.25, 0.3) is 0 Å². The van der Waals surface area contributed by atoms with Gasteiger partial charge in [0.05, 0.1) is 0 Å². The van der Waals surface area contributed by atoms with Gasteiger partial charge in [0.2, 0.25) is 23.1 Å². The first-order valence-electron chi connectivity index (χ1n) is 6.36. The molecular weight excluding hydrogens is 268 g/mol. The molecule has 1 saturated heterocycles. The highest BCUT2D eigenvalue weighted by atomic mass is 35.5. The van der Waals surface area contributed by atoms with Crippen LogP contribution >= 0.6 is 11.6 Å². The molecule has 1 aliphatic rings. The van der Waals surface area contributed by atoms with Crippen LogP contribution in [-0.2, 0) is 4.79 Å². The van der Waals surface area contributed by atoms with Crippen molar-refractivity contribution in [2.75, 3.05) is 36.4 Å². The van der Waals surface area contributed by atoms with Gasteiger partial charge in [-0.15, -0.1) is 0 Å². The Bertz CT molecular complexity index is 455. The molecule has 0 aromatic carbocycles. The smallest absolute Gasteiger partial charge is 0.231 e. The molecule has 1 fully saturated rings. The lowest BCUT2D eigenvalue weighted by Gasteiger charge is -2.19. The maximum Gasteiger partial charge on any atom is 0.231 e. The van der Waals surface area contributed by atoms with E-state index in [4.69, 9.17) is 11.6 Å². The van der Waals surface area contributed by atoms with Crippen LogP contribution in [0.5, 0.6) is 0 Å². The van der Waals surface area contributed by atoms with E-state index in [-0.39, 0.29) is 11.2 Å². The predicted octanol–water partition coefficient (Wildman–Crippen LogP) is 0.673. The van der Waals surface area contributed by atoms with E-state index < -0.39 is 0 Å². The molecule has 1 aromatic rings. The molecule has 0 radical (unpaired) electrons. The molecular formula is C11H17ClN6O. The molecule has 0 saturated carbocycles. The highest BCUT2D eigenvalue weighted by Crippen LogP contribution is 2.14. The van der Waals surface area contributed by atoms with E-state index in [9.17, 15) is 4.79 Å². The number of aromatic nitrogens is 3. The number of carbonyl (C=O) groups excluding carboxylic acids is 1. The van der Waals surface area contributed by atoms with Crippen LogP contribution in [0, 0.1) is 0 Å². The van der Waals surface area contributed by atoms with Crippen molar-refractivity contribution in [2.45, 2.75) is 19.8 Å². The minimum Gasteiger partial charge on any atom is -0.354 e. The van der Waals surface area contributed by atoms with E-state index in [2.05, 4.69) is 32.5 Å². The first kappa shape index (κ1) is 13.8. The van der Waals surface area contributed by atoms with Gasteiger partial charge in [-0.1, -0.05) is 6.92 Å². The summed E-state index contributed by atoms with van der Waals surface area (Å²) in [6, 6.07) is 0. The highest BCUT2D eigenvalue weighted by Gasteiger charge is 2.17. The Morgan fingerprint density at radius 2 is 2.21 bits per heavy atom. The third-order valence-electron chi connectivity index (χ3n) is 2.72. The van der Waals surface area contributed by atoms with E-state index in [1.54, 1.807) is 0 Å². The summed E-state index contributed by atoms with van der Waals surface area (Å²) in [5, 5.41) is 6.05. The number of nitrogens with zero attached hydrogens (tertiary/aromatic N) is 4. The lowest BCUT2D eigenvalue weighted by atomic mass is 10.4. The number of hydrogen-bond acceptors (Lipinski definition) is 6. The van der Waals surface area contributed by atoms with Crippen molar-refractivity contribution in [3.8, 4) is 0 Å². The molecule has 0 unspecified atom stereocenters. The van der Waals surface area contributed by atoms with Crippen LogP contribution in [-0.4, -0.2) is 47.0 Å². The molecule has 0 spiro atoms. The van der Waals surface area contributed by atoms with Crippen molar-refractivity contribution in [3.05, 3.63) is 5.28 Å². The van der Waals surface area contributed by atoms with Crippen molar-refractivity contribution in [1.82, 2.24) is 20.3 Å². The summed E-state index contributed by atoms with van der Waals surface area (Å²) in [6.07, 6.45) is 1.40. The van der Waals surface area contributed by atoms with Crippen molar-refractivity contribution in [1.29, 1.82) is 0 Å². The van der Waals surface area contributed by atoms with Crippen molar-refractivity contribution >= 4 is 29.4 Å². The standard InChI is InChI=1S/C11H17ClN6O/c1-2-4-14-10-15-9(12)16-11(17-10)18-6-3-8(19)13-5-7-18/h2-7H2,1H3,(H,13,19)(H,14,15,16,17). The second-order valence-electron chi connectivity index (χ2n) is 4.24. The highest BCUT2D eigenvalue weighted by molar-refractivity contribution is 6.28. The molecule has 8 heteroatoms. The minimum atomic E-state index is 0.0481.